The third-order valence-electron chi connectivity index (χ3n) is 3.65. The summed E-state index contributed by atoms with van der Waals surface area (Å²) in [5, 5.41) is 16.2. The Bertz CT molecular complexity index is 876. The van der Waals surface area contributed by atoms with Gasteiger partial charge >= 0.3 is 5.97 Å². The van der Waals surface area contributed by atoms with E-state index in [1.165, 1.54) is 0 Å². The molecule has 2 N–H and O–H groups in total. The van der Waals surface area contributed by atoms with Crippen molar-refractivity contribution >= 4 is 18.2 Å². The lowest BCUT2D eigenvalue weighted by Crippen LogP contribution is -2.15. The van der Waals surface area contributed by atoms with E-state index in [0.29, 0.717) is 22.8 Å². The molecule has 2 aromatic heterocycles. The molecule has 122 valence electrons. The Balaban J connectivity index is 1.98. The lowest BCUT2D eigenvalue weighted by atomic mass is 9.95. The Morgan fingerprint density at radius 3 is 2.75 bits per heavy atom. The molecule has 0 aliphatic carbocycles. The van der Waals surface area contributed by atoms with Crippen LogP contribution in [0.2, 0.25) is 0 Å². The smallest absolute Gasteiger partial charge is 0.304 e. The molecule has 1 aromatic carbocycles. The molecule has 0 saturated carbocycles. The minimum atomic E-state index is -0.861. The number of carboxylic acids is 1. The Kier molecular flexibility index (Phi) is 4.76. The van der Waals surface area contributed by atoms with Crippen LogP contribution < -0.4 is 0 Å². The first-order valence-electron chi connectivity index (χ1n) is 7.33. The molecule has 24 heavy (non-hydrogen) atoms. The van der Waals surface area contributed by atoms with E-state index in [0.717, 1.165) is 5.56 Å². The first-order chi connectivity index (χ1) is 11.6. The zero-order valence-corrected chi connectivity index (χ0v) is 13.5. The van der Waals surface area contributed by atoms with Gasteiger partial charge in [-0.05, 0) is 17.8 Å². The maximum Gasteiger partial charge on any atom is 0.304 e. The predicted octanol–water partition coefficient (Wildman–Crippen LogP) is 2.66. The Morgan fingerprint density at radius 1 is 1.29 bits per heavy atom. The molecule has 2 heterocycles. The monoisotopic (exact) mass is 341 g/mol. The van der Waals surface area contributed by atoms with E-state index < -0.39 is 5.97 Å². The minimum absolute atomic E-state index is 0.00310. The average Bonchev–Trinajstić information content (AvgIpc) is 2.96. The summed E-state index contributed by atoms with van der Waals surface area (Å²) in [5.74, 6) is -0.553. The number of hydrogen-bond donors (Lipinski definition) is 2. The van der Waals surface area contributed by atoms with Crippen LogP contribution in [0.1, 0.15) is 17.9 Å². The van der Waals surface area contributed by atoms with Crippen molar-refractivity contribution in [1.82, 2.24) is 24.7 Å². The number of benzene rings is 1. The average molecular weight is 341 g/mol. The largest absolute Gasteiger partial charge is 0.481 e. The van der Waals surface area contributed by atoms with Crippen molar-refractivity contribution in [3.8, 4) is 11.5 Å². The van der Waals surface area contributed by atoms with Crippen molar-refractivity contribution in [3.63, 3.8) is 0 Å². The van der Waals surface area contributed by atoms with Gasteiger partial charge in [-0.3, -0.25) is 19.4 Å². The Labute approximate surface area is 143 Å². The number of aromatic amines is 1. The highest BCUT2D eigenvalue weighted by Gasteiger charge is 2.19. The highest BCUT2D eigenvalue weighted by atomic mass is 32.1. The van der Waals surface area contributed by atoms with Crippen LogP contribution in [0.3, 0.4) is 0 Å². The standard InChI is InChI=1S/C16H15N5O2S/c22-14(23)8-12(11-4-2-1-3-5-11)10-21-15(19-20-16(21)24)13-9-17-6-7-18-13/h1-7,9,12H,8,10H2,(H,20,24)(H,22,23)/t12-/m1/s1. The van der Waals surface area contributed by atoms with Gasteiger partial charge in [0.1, 0.15) is 5.69 Å². The highest BCUT2D eigenvalue weighted by Crippen LogP contribution is 2.24. The van der Waals surface area contributed by atoms with Crippen LogP contribution in [-0.2, 0) is 11.3 Å². The zero-order valence-electron chi connectivity index (χ0n) is 12.7. The summed E-state index contributed by atoms with van der Waals surface area (Å²) < 4.78 is 2.18. The molecular formula is C16H15N5O2S. The SMILES string of the molecule is O=C(O)C[C@H](Cn1c(-c2cnccn2)n[nH]c1=S)c1ccccc1. The maximum absolute atomic E-state index is 11.3. The zero-order chi connectivity index (χ0) is 16.9. The number of carbonyl (C=O) groups is 1. The number of hydrogen-bond acceptors (Lipinski definition) is 5. The van der Waals surface area contributed by atoms with Crippen molar-refractivity contribution in [3.05, 3.63) is 59.3 Å². The van der Waals surface area contributed by atoms with E-state index in [1.54, 1.807) is 23.2 Å². The van der Waals surface area contributed by atoms with Crippen molar-refractivity contribution < 1.29 is 9.90 Å². The quantitative estimate of drug-likeness (QED) is 0.669. The predicted molar refractivity (Wildman–Crippen MR) is 89.9 cm³/mol. The maximum atomic E-state index is 11.3. The van der Waals surface area contributed by atoms with E-state index in [-0.39, 0.29) is 12.3 Å². The summed E-state index contributed by atoms with van der Waals surface area (Å²) >= 11 is 5.30. The van der Waals surface area contributed by atoms with E-state index >= 15 is 0 Å². The molecule has 0 unspecified atom stereocenters. The van der Waals surface area contributed by atoms with Crippen LogP contribution in [0.4, 0.5) is 0 Å². The molecule has 0 aliphatic heterocycles. The lowest BCUT2D eigenvalue weighted by Gasteiger charge is -2.17. The molecule has 0 bridgehead atoms. The summed E-state index contributed by atoms with van der Waals surface area (Å²) in [6.07, 6.45) is 4.74. The number of H-pyrrole nitrogens is 1. The number of carboxylic acid groups (broad SMARTS) is 1. The molecule has 1 atom stereocenters. The highest BCUT2D eigenvalue weighted by molar-refractivity contribution is 7.71. The van der Waals surface area contributed by atoms with E-state index in [2.05, 4.69) is 20.2 Å². The Morgan fingerprint density at radius 2 is 2.08 bits per heavy atom. The molecular weight excluding hydrogens is 326 g/mol. The first-order valence-corrected chi connectivity index (χ1v) is 7.74. The summed E-state index contributed by atoms with van der Waals surface area (Å²) in [7, 11) is 0. The molecule has 3 rings (SSSR count). The van der Waals surface area contributed by atoms with Crippen molar-refractivity contribution in [2.45, 2.75) is 18.9 Å². The van der Waals surface area contributed by atoms with E-state index in [4.69, 9.17) is 12.2 Å². The molecule has 0 amide bonds. The van der Waals surface area contributed by atoms with Gasteiger partial charge in [0, 0.05) is 24.9 Å². The van der Waals surface area contributed by atoms with Crippen LogP contribution in [0.15, 0.2) is 48.9 Å². The number of aromatic nitrogens is 5. The molecule has 7 nitrogen and oxygen atoms in total. The van der Waals surface area contributed by atoms with Gasteiger partial charge in [0.15, 0.2) is 10.6 Å². The number of aliphatic carboxylic acids is 1. The van der Waals surface area contributed by atoms with Crippen molar-refractivity contribution in [2.75, 3.05) is 0 Å². The molecule has 8 heteroatoms. The molecule has 0 radical (unpaired) electrons. The second-order valence-corrected chi connectivity index (χ2v) is 5.65. The van der Waals surface area contributed by atoms with Crippen molar-refractivity contribution in [1.29, 1.82) is 0 Å². The second-order valence-electron chi connectivity index (χ2n) is 5.26. The van der Waals surface area contributed by atoms with E-state index in [1.807, 2.05) is 30.3 Å². The number of nitrogens with zero attached hydrogens (tertiary/aromatic N) is 4. The number of nitrogens with one attached hydrogen (secondary N) is 1. The van der Waals surface area contributed by atoms with E-state index in [9.17, 15) is 9.90 Å². The minimum Gasteiger partial charge on any atom is -0.481 e. The van der Waals surface area contributed by atoms with Crippen LogP contribution in [0.5, 0.6) is 0 Å². The van der Waals surface area contributed by atoms with Gasteiger partial charge in [-0.25, -0.2) is 4.98 Å². The summed E-state index contributed by atoms with van der Waals surface area (Å²) in [5.41, 5.74) is 1.51. The Hall–Kier alpha value is -2.87. The fraction of sp³-hybridized carbons (Fsp3) is 0.188. The van der Waals surface area contributed by atoms with Crippen molar-refractivity contribution in [2.24, 2.45) is 0 Å². The second kappa shape index (κ2) is 7.14. The van der Waals surface area contributed by atoms with Gasteiger partial charge in [-0.1, -0.05) is 30.3 Å². The fourth-order valence-corrected chi connectivity index (χ4v) is 2.75. The van der Waals surface area contributed by atoms with Gasteiger partial charge in [0.05, 0.1) is 12.6 Å². The van der Waals surface area contributed by atoms with Gasteiger partial charge in [-0.2, -0.15) is 5.10 Å². The van der Waals surface area contributed by atoms with Gasteiger partial charge in [0.2, 0.25) is 0 Å². The van der Waals surface area contributed by atoms with Crippen LogP contribution in [-0.4, -0.2) is 35.8 Å². The molecule has 0 aliphatic rings. The summed E-state index contributed by atoms with van der Waals surface area (Å²) in [4.78, 5) is 19.5. The molecule has 0 fully saturated rings. The normalized spacial score (nSPS) is 12.0. The van der Waals surface area contributed by atoms with Gasteiger partial charge in [0.25, 0.3) is 0 Å². The van der Waals surface area contributed by atoms with Crippen LogP contribution in [0, 0.1) is 4.77 Å². The number of rotatable bonds is 6. The van der Waals surface area contributed by atoms with Gasteiger partial charge in [-0.15, -0.1) is 0 Å². The lowest BCUT2D eigenvalue weighted by molar-refractivity contribution is -0.137. The summed E-state index contributed by atoms with van der Waals surface area (Å²) in [6.45, 7) is 0.386. The third kappa shape index (κ3) is 3.54. The molecule has 3 aromatic rings. The molecule has 0 saturated heterocycles. The topological polar surface area (TPSA) is 96.7 Å². The van der Waals surface area contributed by atoms with Crippen LogP contribution >= 0.6 is 12.2 Å². The fourth-order valence-electron chi connectivity index (χ4n) is 2.54. The van der Waals surface area contributed by atoms with Crippen LogP contribution in [0.25, 0.3) is 11.5 Å². The molecule has 0 spiro atoms. The van der Waals surface area contributed by atoms with Gasteiger partial charge < -0.3 is 5.11 Å². The first kappa shape index (κ1) is 16.0. The summed E-state index contributed by atoms with van der Waals surface area (Å²) in [6, 6.07) is 9.51. The third-order valence-corrected chi connectivity index (χ3v) is 3.96.